The zero-order valence-electron chi connectivity index (χ0n) is 16.5. The summed E-state index contributed by atoms with van der Waals surface area (Å²) in [4.78, 5) is 7.70. The molecule has 146 valence electrons. The van der Waals surface area contributed by atoms with E-state index in [1.165, 1.54) is 0 Å². The van der Waals surface area contributed by atoms with E-state index in [0.717, 1.165) is 33.8 Å². The Morgan fingerprint density at radius 3 is 2.62 bits per heavy atom. The van der Waals surface area contributed by atoms with E-state index in [9.17, 15) is 5.11 Å². The number of phenols is 1. The van der Waals surface area contributed by atoms with Crippen LogP contribution in [0.2, 0.25) is 0 Å². The number of aromatic hydroxyl groups is 1. The molecule has 1 atom stereocenters. The molecule has 0 unspecified atom stereocenters. The SMILES string of the molecule is CCOc1ccc([C@H](Nc2cccc(C)[nH+]2)c2ccc3cccnc3c2O)cc1. The third-order valence-electron chi connectivity index (χ3n) is 4.86. The Balaban J connectivity index is 1.80. The Bertz CT molecular complexity index is 1130. The fraction of sp³-hybridized carbons (Fsp3) is 0.167. The molecule has 0 aliphatic heterocycles. The van der Waals surface area contributed by atoms with Crippen molar-refractivity contribution in [2.45, 2.75) is 19.9 Å². The standard InChI is InChI=1S/C24H23N3O2/c1-3-29-19-12-9-18(10-13-19)22(27-21-8-4-6-16(2)26-21)20-14-11-17-7-5-15-25-23(17)24(20)28/h4-15,22,28H,3H2,1-2H3,(H,26,27)/p+1/t22-/m0/s1. The molecule has 4 rings (SSSR count). The van der Waals surface area contributed by atoms with E-state index < -0.39 is 0 Å². The van der Waals surface area contributed by atoms with Crippen LogP contribution in [0.25, 0.3) is 10.9 Å². The van der Waals surface area contributed by atoms with Crippen LogP contribution in [0.1, 0.15) is 29.8 Å². The largest absolute Gasteiger partial charge is 0.505 e. The van der Waals surface area contributed by atoms with Gasteiger partial charge in [0.15, 0.2) is 0 Å². The van der Waals surface area contributed by atoms with E-state index in [1.807, 2.05) is 80.6 Å². The van der Waals surface area contributed by atoms with E-state index in [-0.39, 0.29) is 11.8 Å². The molecule has 0 aliphatic carbocycles. The maximum atomic E-state index is 11.0. The predicted molar refractivity (Wildman–Crippen MR) is 114 cm³/mol. The molecule has 0 spiro atoms. The molecule has 29 heavy (non-hydrogen) atoms. The molecule has 0 fully saturated rings. The lowest BCUT2D eigenvalue weighted by atomic mass is 9.96. The quantitative estimate of drug-likeness (QED) is 0.506. The second kappa shape index (κ2) is 8.19. The van der Waals surface area contributed by atoms with Crippen molar-refractivity contribution in [2.75, 3.05) is 11.9 Å². The van der Waals surface area contributed by atoms with Crippen molar-refractivity contribution in [3.63, 3.8) is 0 Å². The van der Waals surface area contributed by atoms with Crippen molar-refractivity contribution in [3.05, 3.63) is 89.7 Å². The zero-order valence-corrected chi connectivity index (χ0v) is 16.5. The molecule has 3 N–H and O–H groups in total. The van der Waals surface area contributed by atoms with Crippen LogP contribution in [0.3, 0.4) is 0 Å². The third-order valence-corrected chi connectivity index (χ3v) is 4.86. The number of benzene rings is 2. The van der Waals surface area contributed by atoms with Gasteiger partial charge in [-0.3, -0.25) is 10.3 Å². The van der Waals surface area contributed by atoms with Gasteiger partial charge in [-0.15, -0.1) is 0 Å². The summed E-state index contributed by atoms with van der Waals surface area (Å²) in [6, 6.07) is 21.4. The number of nitrogens with zero attached hydrogens (tertiary/aromatic N) is 1. The van der Waals surface area contributed by atoms with Crippen molar-refractivity contribution in [1.29, 1.82) is 0 Å². The lowest BCUT2D eigenvalue weighted by Gasteiger charge is -2.18. The van der Waals surface area contributed by atoms with Gasteiger partial charge in [0.25, 0.3) is 5.82 Å². The smallest absolute Gasteiger partial charge is 0.273 e. The lowest BCUT2D eigenvalue weighted by Crippen LogP contribution is -2.20. The third kappa shape index (κ3) is 3.99. The minimum Gasteiger partial charge on any atom is -0.505 e. The van der Waals surface area contributed by atoms with Gasteiger partial charge in [-0.25, -0.2) is 4.98 Å². The fourth-order valence-electron chi connectivity index (χ4n) is 3.47. The monoisotopic (exact) mass is 386 g/mol. The highest BCUT2D eigenvalue weighted by Gasteiger charge is 2.24. The minimum absolute atomic E-state index is 0.183. The highest BCUT2D eigenvalue weighted by Crippen LogP contribution is 2.36. The normalized spacial score (nSPS) is 11.9. The molecule has 2 aromatic carbocycles. The molecule has 2 heterocycles. The predicted octanol–water partition coefficient (Wildman–Crippen LogP) is 4.66. The van der Waals surface area contributed by atoms with Gasteiger partial charge in [-0.05, 0) is 44.2 Å². The van der Waals surface area contributed by atoms with Gasteiger partial charge in [0.2, 0.25) is 0 Å². The molecule has 0 saturated heterocycles. The first-order valence-corrected chi connectivity index (χ1v) is 9.70. The molecule has 0 aliphatic rings. The van der Waals surface area contributed by atoms with Crippen LogP contribution >= 0.6 is 0 Å². The van der Waals surface area contributed by atoms with Gasteiger partial charge >= 0.3 is 0 Å². The molecule has 2 aromatic heterocycles. The number of hydrogen-bond donors (Lipinski definition) is 2. The molecule has 5 heteroatoms. The first-order chi connectivity index (χ1) is 14.2. The van der Waals surface area contributed by atoms with Gasteiger partial charge < -0.3 is 9.84 Å². The fourth-order valence-corrected chi connectivity index (χ4v) is 3.47. The van der Waals surface area contributed by atoms with Crippen LogP contribution in [0.15, 0.2) is 72.9 Å². The number of rotatable bonds is 6. The molecule has 0 amide bonds. The average molecular weight is 386 g/mol. The highest BCUT2D eigenvalue weighted by atomic mass is 16.5. The molecule has 4 aromatic rings. The maximum Gasteiger partial charge on any atom is 0.273 e. The van der Waals surface area contributed by atoms with Crippen molar-refractivity contribution in [3.8, 4) is 11.5 Å². The van der Waals surface area contributed by atoms with Crippen LogP contribution in [0.5, 0.6) is 11.5 Å². The second-order valence-electron chi connectivity index (χ2n) is 6.91. The number of aryl methyl sites for hydroxylation is 1. The number of aromatic nitrogens is 2. The molecule has 5 nitrogen and oxygen atoms in total. The Hall–Kier alpha value is -3.60. The summed E-state index contributed by atoms with van der Waals surface area (Å²) in [6.07, 6.45) is 1.69. The first-order valence-electron chi connectivity index (χ1n) is 9.70. The summed E-state index contributed by atoms with van der Waals surface area (Å²) in [7, 11) is 0. The average Bonchev–Trinajstić information content (AvgIpc) is 2.74. The van der Waals surface area contributed by atoms with Crippen molar-refractivity contribution >= 4 is 16.7 Å². The Morgan fingerprint density at radius 2 is 1.86 bits per heavy atom. The van der Waals surface area contributed by atoms with Gasteiger partial charge in [0.05, 0.1) is 12.3 Å². The number of H-pyrrole nitrogens is 1. The lowest BCUT2D eigenvalue weighted by molar-refractivity contribution is -0.371. The van der Waals surface area contributed by atoms with E-state index in [0.29, 0.717) is 12.1 Å². The van der Waals surface area contributed by atoms with Crippen LogP contribution in [-0.2, 0) is 0 Å². The van der Waals surface area contributed by atoms with Crippen LogP contribution in [0.4, 0.5) is 5.82 Å². The molecule has 0 bridgehead atoms. The Kier molecular flexibility index (Phi) is 5.29. The van der Waals surface area contributed by atoms with E-state index in [4.69, 9.17) is 4.74 Å². The summed E-state index contributed by atoms with van der Waals surface area (Å²) >= 11 is 0. The van der Waals surface area contributed by atoms with Crippen molar-refractivity contribution in [2.24, 2.45) is 0 Å². The van der Waals surface area contributed by atoms with Crippen molar-refractivity contribution in [1.82, 2.24) is 4.98 Å². The van der Waals surface area contributed by atoms with Gasteiger partial charge in [0.1, 0.15) is 23.1 Å². The summed E-state index contributed by atoms with van der Waals surface area (Å²) in [6.45, 7) is 4.59. The Morgan fingerprint density at radius 1 is 1.03 bits per heavy atom. The molecule has 0 saturated carbocycles. The van der Waals surface area contributed by atoms with Crippen LogP contribution < -0.4 is 15.0 Å². The van der Waals surface area contributed by atoms with E-state index >= 15 is 0 Å². The van der Waals surface area contributed by atoms with Gasteiger partial charge in [0, 0.05) is 28.8 Å². The number of fused-ring (bicyclic) bond motifs is 1. The van der Waals surface area contributed by atoms with E-state index in [2.05, 4.69) is 15.3 Å². The second-order valence-corrected chi connectivity index (χ2v) is 6.91. The molecular weight excluding hydrogens is 362 g/mol. The minimum atomic E-state index is -0.268. The van der Waals surface area contributed by atoms with E-state index in [1.54, 1.807) is 6.20 Å². The number of pyridine rings is 2. The zero-order chi connectivity index (χ0) is 20.2. The number of ether oxygens (including phenoxy) is 1. The summed E-state index contributed by atoms with van der Waals surface area (Å²) in [5.74, 6) is 1.87. The topological polar surface area (TPSA) is 68.5 Å². The number of hydrogen-bond acceptors (Lipinski definition) is 4. The molecular formula is C24H24N3O2+. The maximum absolute atomic E-state index is 11.0. The van der Waals surface area contributed by atoms with Gasteiger partial charge in [-0.1, -0.05) is 30.3 Å². The Labute approximate surface area is 170 Å². The summed E-state index contributed by atoms with van der Waals surface area (Å²) in [5.41, 5.74) is 3.41. The number of anilines is 1. The number of phenolic OH excluding ortho intramolecular Hbond substituents is 1. The highest BCUT2D eigenvalue weighted by molar-refractivity contribution is 5.85. The number of nitrogens with one attached hydrogen (secondary N) is 2. The van der Waals surface area contributed by atoms with Crippen molar-refractivity contribution < 1.29 is 14.8 Å². The molecule has 0 radical (unpaired) electrons. The van der Waals surface area contributed by atoms with Gasteiger partial charge in [-0.2, -0.15) is 0 Å². The number of aromatic amines is 1. The summed E-state index contributed by atoms with van der Waals surface area (Å²) < 4.78 is 5.58. The van der Waals surface area contributed by atoms with Crippen LogP contribution in [0, 0.1) is 6.92 Å². The first kappa shape index (κ1) is 18.7. The van der Waals surface area contributed by atoms with Crippen LogP contribution in [-0.4, -0.2) is 16.7 Å². The summed E-state index contributed by atoms with van der Waals surface area (Å²) in [5, 5.41) is 15.4.